The normalized spacial score (nSPS) is 14.0. The van der Waals surface area contributed by atoms with E-state index in [1.807, 2.05) is 0 Å². The molecule has 2 aromatic carbocycles. The zero-order chi connectivity index (χ0) is 21.1. The van der Waals surface area contributed by atoms with E-state index in [-0.39, 0.29) is 17.0 Å². The van der Waals surface area contributed by atoms with Crippen LogP contribution in [0.25, 0.3) is 0 Å². The molecule has 1 aliphatic rings. The van der Waals surface area contributed by atoms with Crippen LogP contribution in [0.3, 0.4) is 0 Å². The summed E-state index contributed by atoms with van der Waals surface area (Å²) in [7, 11) is 1.52. The standard InChI is InChI=1S/C22H21NO6/c1-13(2)19(23-20(25)16-6-4-5-7-17(16)21(23)26)22(27)29-12-18(24)14-8-10-15(28-3)11-9-14/h4-11,13,19H,12H2,1-3H3/t19-/m0/s1. The molecule has 1 aliphatic heterocycles. The average molecular weight is 395 g/mol. The van der Waals surface area contributed by atoms with Gasteiger partial charge in [-0.3, -0.25) is 19.3 Å². The number of hydrogen-bond acceptors (Lipinski definition) is 6. The van der Waals surface area contributed by atoms with Crippen LogP contribution in [0.1, 0.15) is 44.9 Å². The van der Waals surface area contributed by atoms with Gasteiger partial charge in [-0.1, -0.05) is 26.0 Å². The number of nitrogens with zero attached hydrogens (tertiary/aromatic N) is 1. The number of carbonyl (C=O) groups excluding carboxylic acids is 4. The lowest BCUT2D eigenvalue weighted by Crippen LogP contribution is -2.49. The molecule has 0 aromatic heterocycles. The van der Waals surface area contributed by atoms with Crippen molar-refractivity contribution in [1.29, 1.82) is 0 Å². The van der Waals surface area contributed by atoms with Gasteiger partial charge in [0, 0.05) is 5.56 Å². The maximum Gasteiger partial charge on any atom is 0.330 e. The van der Waals surface area contributed by atoms with Gasteiger partial charge in [0.2, 0.25) is 0 Å². The predicted molar refractivity (Wildman–Crippen MR) is 104 cm³/mol. The second kappa shape index (κ2) is 8.26. The zero-order valence-corrected chi connectivity index (χ0v) is 16.4. The topological polar surface area (TPSA) is 90.0 Å². The first-order valence-electron chi connectivity index (χ1n) is 9.16. The maximum absolute atomic E-state index is 12.7. The number of rotatable bonds is 7. The molecular weight excluding hydrogens is 374 g/mol. The molecule has 0 N–H and O–H groups in total. The summed E-state index contributed by atoms with van der Waals surface area (Å²) in [6, 6.07) is 11.7. The second-order valence-electron chi connectivity index (χ2n) is 6.97. The van der Waals surface area contributed by atoms with Crippen LogP contribution in [-0.4, -0.2) is 48.2 Å². The Morgan fingerprint density at radius 2 is 1.48 bits per heavy atom. The van der Waals surface area contributed by atoms with Crippen molar-refractivity contribution in [3.05, 3.63) is 65.2 Å². The van der Waals surface area contributed by atoms with Gasteiger partial charge in [-0.15, -0.1) is 0 Å². The third-order valence-electron chi connectivity index (χ3n) is 4.73. The number of ether oxygens (including phenoxy) is 2. The molecule has 0 aliphatic carbocycles. The highest BCUT2D eigenvalue weighted by atomic mass is 16.5. The monoisotopic (exact) mass is 395 g/mol. The molecule has 0 fully saturated rings. The average Bonchev–Trinajstić information content (AvgIpc) is 2.97. The number of amides is 2. The Morgan fingerprint density at radius 1 is 0.931 bits per heavy atom. The van der Waals surface area contributed by atoms with E-state index >= 15 is 0 Å². The number of fused-ring (bicyclic) bond motifs is 1. The van der Waals surface area contributed by atoms with Crippen molar-refractivity contribution >= 4 is 23.6 Å². The fraction of sp³-hybridized carbons (Fsp3) is 0.273. The molecule has 29 heavy (non-hydrogen) atoms. The van der Waals surface area contributed by atoms with Crippen LogP contribution in [0, 0.1) is 5.92 Å². The Balaban J connectivity index is 1.73. The Morgan fingerprint density at radius 3 is 1.97 bits per heavy atom. The Kier molecular flexibility index (Phi) is 5.77. The van der Waals surface area contributed by atoms with Gasteiger partial charge in [0.25, 0.3) is 11.8 Å². The summed E-state index contributed by atoms with van der Waals surface area (Å²) < 4.78 is 10.2. The van der Waals surface area contributed by atoms with Crippen LogP contribution in [0.2, 0.25) is 0 Å². The Hall–Kier alpha value is -3.48. The minimum absolute atomic E-state index is 0.255. The van der Waals surface area contributed by atoms with Gasteiger partial charge in [-0.05, 0) is 42.3 Å². The number of Topliss-reactive ketones (excluding diaryl/α,β-unsaturated/α-hetero) is 1. The summed E-state index contributed by atoms with van der Waals surface area (Å²) >= 11 is 0. The largest absolute Gasteiger partial charge is 0.497 e. The van der Waals surface area contributed by atoms with E-state index in [4.69, 9.17) is 9.47 Å². The summed E-state index contributed by atoms with van der Waals surface area (Å²) in [6.45, 7) is 2.93. The lowest BCUT2D eigenvalue weighted by molar-refractivity contribution is -0.148. The molecule has 0 spiro atoms. The van der Waals surface area contributed by atoms with E-state index in [9.17, 15) is 19.2 Å². The molecule has 0 unspecified atom stereocenters. The lowest BCUT2D eigenvalue weighted by atomic mass is 10.0. The molecule has 1 atom stereocenters. The molecule has 2 aromatic rings. The van der Waals surface area contributed by atoms with Crippen molar-refractivity contribution < 1.29 is 28.7 Å². The van der Waals surface area contributed by atoms with Crippen molar-refractivity contribution in [2.45, 2.75) is 19.9 Å². The molecular formula is C22H21NO6. The molecule has 3 rings (SSSR count). The highest BCUT2D eigenvalue weighted by molar-refractivity contribution is 6.22. The summed E-state index contributed by atoms with van der Waals surface area (Å²) in [5.74, 6) is -2.06. The van der Waals surface area contributed by atoms with Crippen molar-refractivity contribution in [3.8, 4) is 5.75 Å². The van der Waals surface area contributed by atoms with E-state index in [0.29, 0.717) is 11.3 Å². The number of carbonyl (C=O) groups is 4. The second-order valence-corrected chi connectivity index (χ2v) is 6.97. The van der Waals surface area contributed by atoms with E-state index in [1.54, 1.807) is 62.4 Å². The van der Waals surface area contributed by atoms with Crippen LogP contribution in [0.5, 0.6) is 5.75 Å². The first-order chi connectivity index (χ1) is 13.8. The molecule has 2 amide bonds. The van der Waals surface area contributed by atoms with Crippen LogP contribution >= 0.6 is 0 Å². The highest BCUT2D eigenvalue weighted by Crippen LogP contribution is 2.27. The van der Waals surface area contributed by atoms with Crippen LogP contribution < -0.4 is 4.74 Å². The summed E-state index contributed by atoms with van der Waals surface area (Å²) in [5.41, 5.74) is 0.871. The van der Waals surface area contributed by atoms with Crippen molar-refractivity contribution in [3.63, 3.8) is 0 Å². The molecule has 1 heterocycles. The minimum Gasteiger partial charge on any atom is -0.497 e. The van der Waals surface area contributed by atoms with E-state index < -0.39 is 36.2 Å². The molecule has 0 bridgehead atoms. The molecule has 7 heteroatoms. The maximum atomic E-state index is 12.7. The van der Waals surface area contributed by atoms with Gasteiger partial charge >= 0.3 is 5.97 Å². The zero-order valence-electron chi connectivity index (χ0n) is 16.4. The van der Waals surface area contributed by atoms with Crippen LogP contribution in [0.15, 0.2) is 48.5 Å². The first kappa shape index (κ1) is 20.3. The molecule has 0 radical (unpaired) electrons. The molecule has 150 valence electrons. The van der Waals surface area contributed by atoms with E-state index in [2.05, 4.69) is 0 Å². The molecule has 7 nitrogen and oxygen atoms in total. The number of methoxy groups -OCH3 is 1. The van der Waals surface area contributed by atoms with Gasteiger partial charge in [-0.2, -0.15) is 0 Å². The third kappa shape index (κ3) is 3.89. The van der Waals surface area contributed by atoms with Crippen LogP contribution in [0.4, 0.5) is 0 Å². The first-order valence-corrected chi connectivity index (χ1v) is 9.16. The van der Waals surface area contributed by atoms with E-state index in [0.717, 1.165) is 4.90 Å². The van der Waals surface area contributed by atoms with Gasteiger partial charge in [0.1, 0.15) is 11.8 Å². The fourth-order valence-electron chi connectivity index (χ4n) is 3.22. The van der Waals surface area contributed by atoms with Crippen molar-refractivity contribution in [1.82, 2.24) is 4.90 Å². The van der Waals surface area contributed by atoms with Gasteiger partial charge in [0.15, 0.2) is 12.4 Å². The Labute approximate surface area is 168 Å². The van der Waals surface area contributed by atoms with Gasteiger partial charge < -0.3 is 9.47 Å². The Bertz CT molecular complexity index is 929. The minimum atomic E-state index is -1.12. The summed E-state index contributed by atoms with van der Waals surface area (Å²) in [5, 5.41) is 0. The molecule has 0 saturated carbocycles. The van der Waals surface area contributed by atoms with Crippen LogP contribution in [-0.2, 0) is 9.53 Å². The lowest BCUT2D eigenvalue weighted by Gasteiger charge is -2.27. The number of hydrogen-bond donors (Lipinski definition) is 0. The van der Waals surface area contributed by atoms with Gasteiger partial charge in [0.05, 0.1) is 18.2 Å². The quantitative estimate of drug-likeness (QED) is 0.407. The smallest absolute Gasteiger partial charge is 0.330 e. The fourth-order valence-corrected chi connectivity index (χ4v) is 3.22. The number of benzene rings is 2. The van der Waals surface area contributed by atoms with Crippen molar-refractivity contribution in [2.75, 3.05) is 13.7 Å². The number of imide groups is 1. The summed E-state index contributed by atoms with van der Waals surface area (Å²) in [6.07, 6.45) is 0. The van der Waals surface area contributed by atoms with Crippen molar-refractivity contribution in [2.24, 2.45) is 5.92 Å². The number of esters is 1. The van der Waals surface area contributed by atoms with E-state index in [1.165, 1.54) is 7.11 Å². The highest BCUT2D eigenvalue weighted by Gasteiger charge is 2.44. The van der Waals surface area contributed by atoms with Gasteiger partial charge in [-0.25, -0.2) is 4.79 Å². The SMILES string of the molecule is COc1ccc(C(=O)COC(=O)[C@H](C(C)C)N2C(=O)c3ccccc3C2=O)cc1. The predicted octanol–water partition coefficient (Wildman–Crippen LogP) is 2.74. The third-order valence-corrected chi connectivity index (χ3v) is 4.73. The molecule has 0 saturated heterocycles. The number of ketones is 1. The summed E-state index contributed by atoms with van der Waals surface area (Å²) in [4.78, 5) is 51.3.